The van der Waals surface area contributed by atoms with Gasteiger partial charge in [-0.1, -0.05) is 51.7 Å². The predicted molar refractivity (Wildman–Crippen MR) is 197 cm³/mol. The van der Waals surface area contributed by atoms with Gasteiger partial charge in [0, 0.05) is 31.1 Å². The zero-order valence-corrected chi connectivity index (χ0v) is 34.3. The minimum absolute atomic E-state index is 0. The van der Waals surface area contributed by atoms with Crippen LogP contribution in [0.1, 0.15) is 95.6 Å². The van der Waals surface area contributed by atoms with Crippen LogP contribution in [-0.2, 0) is 9.84 Å². The van der Waals surface area contributed by atoms with E-state index in [1.807, 2.05) is 55.4 Å². The van der Waals surface area contributed by atoms with Gasteiger partial charge in [-0.15, -0.1) is 0 Å². The third-order valence-corrected chi connectivity index (χ3v) is 12.7. The van der Waals surface area contributed by atoms with Crippen molar-refractivity contribution in [1.82, 2.24) is 0 Å². The molecule has 0 fully saturated rings. The number of hydrogen-bond acceptors (Lipinski definition) is 5. The molecule has 49 heavy (non-hydrogen) atoms. The number of fused-ring (bicyclic) bond motifs is 1. The van der Waals surface area contributed by atoms with E-state index >= 15 is 0 Å². The molecule has 1 heterocycles. The van der Waals surface area contributed by atoms with E-state index in [-0.39, 0.29) is 30.6 Å². The summed E-state index contributed by atoms with van der Waals surface area (Å²) in [7, 11) is 9.60. The Morgan fingerprint density at radius 3 is 1.96 bits per heavy atom. The first-order valence-corrected chi connectivity index (χ1v) is 19.8. The van der Waals surface area contributed by atoms with Gasteiger partial charge in [0.05, 0.1) is 64.6 Å². The fraction of sp³-hybridized carbons (Fsp3) is 0.692. The molecule has 0 unspecified atom stereocenters. The van der Waals surface area contributed by atoms with E-state index in [2.05, 4.69) is 49.0 Å². The average Bonchev–Trinajstić information content (AvgIpc) is 3.10. The number of anilines is 1. The second-order valence-electron chi connectivity index (χ2n) is 15.7. The van der Waals surface area contributed by atoms with Gasteiger partial charge in [0.2, 0.25) is 0 Å². The molecule has 0 radical (unpaired) electrons. The lowest BCUT2D eigenvalue weighted by Crippen LogP contribution is -3.00. The van der Waals surface area contributed by atoms with Gasteiger partial charge >= 0.3 is 0 Å². The standard InChI is InChI=1S/C39H67N3O4S.2ClH/c1-10-13-24-39(25-14-11-2)31-47(44,45)36-23-20-33(40(4)5)30-35(36)37(38(39)43)32-18-21-34(22-19-32)46-29-17-15-16-26-42(8,9)28-27-41(6,7)12-3;;/h18-23,30,37-38,43H,10-17,24-29,31H2,1-9H3;2*1H/q+2;;/p-2/t37-,38-;;/m1../s1. The highest BCUT2D eigenvalue weighted by Crippen LogP contribution is 2.50. The second kappa shape index (κ2) is 19.9. The van der Waals surface area contributed by atoms with Crippen molar-refractivity contribution in [3.05, 3.63) is 53.6 Å². The Morgan fingerprint density at radius 2 is 1.41 bits per heavy atom. The monoisotopic (exact) mass is 743 g/mol. The van der Waals surface area contributed by atoms with Crippen molar-refractivity contribution in [2.24, 2.45) is 5.41 Å². The zero-order chi connectivity index (χ0) is 34.9. The van der Waals surface area contributed by atoms with Crippen LogP contribution in [0.3, 0.4) is 0 Å². The molecule has 3 rings (SSSR count). The van der Waals surface area contributed by atoms with E-state index in [1.54, 1.807) is 6.07 Å². The maximum absolute atomic E-state index is 14.1. The average molecular weight is 745 g/mol. The molecule has 1 aliphatic rings. The first-order chi connectivity index (χ1) is 22.1. The maximum Gasteiger partial charge on any atom is 0.179 e. The lowest BCUT2D eigenvalue weighted by atomic mass is 9.68. The molecule has 1 N–H and O–H groups in total. The van der Waals surface area contributed by atoms with Gasteiger partial charge in [-0.25, -0.2) is 8.42 Å². The minimum Gasteiger partial charge on any atom is -1.00 e. The second-order valence-corrected chi connectivity index (χ2v) is 17.7. The molecule has 282 valence electrons. The van der Waals surface area contributed by atoms with Gasteiger partial charge in [0.1, 0.15) is 18.8 Å². The van der Waals surface area contributed by atoms with Crippen LogP contribution in [0.5, 0.6) is 5.75 Å². The Kier molecular flexibility index (Phi) is 18.5. The van der Waals surface area contributed by atoms with Crippen LogP contribution in [0.15, 0.2) is 47.4 Å². The van der Waals surface area contributed by atoms with Gasteiger partial charge in [0.25, 0.3) is 0 Å². The van der Waals surface area contributed by atoms with E-state index in [9.17, 15) is 13.5 Å². The van der Waals surface area contributed by atoms with Crippen LogP contribution in [0.2, 0.25) is 0 Å². The normalized spacial score (nSPS) is 18.4. The Bertz CT molecular complexity index is 1360. The number of unbranched alkanes of at least 4 members (excludes halogenated alkanes) is 4. The van der Waals surface area contributed by atoms with Crippen LogP contribution >= 0.6 is 0 Å². The molecule has 7 nitrogen and oxygen atoms in total. The molecule has 10 heteroatoms. The molecular weight excluding hydrogens is 677 g/mol. The molecule has 0 spiro atoms. The number of nitrogens with zero attached hydrogens (tertiary/aromatic N) is 3. The number of quaternary nitrogens is 2. The van der Waals surface area contributed by atoms with Crippen LogP contribution in [-0.4, -0.2) is 109 Å². The molecule has 2 atom stereocenters. The molecular formula is C39H67Cl2N3O4S. The fourth-order valence-corrected chi connectivity index (χ4v) is 9.17. The molecule has 0 aliphatic carbocycles. The highest BCUT2D eigenvalue weighted by molar-refractivity contribution is 7.91. The lowest BCUT2D eigenvalue weighted by molar-refractivity contribution is -0.945. The minimum atomic E-state index is -3.62. The molecule has 1 aliphatic heterocycles. The largest absolute Gasteiger partial charge is 1.00 e. The predicted octanol–water partition coefficient (Wildman–Crippen LogP) is 1.13. The summed E-state index contributed by atoms with van der Waals surface area (Å²) in [4.78, 5) is 2.35. The first kappa shape index (κ1) is 45.5. The summed E-state index contributed by atoms with van der Waals surface area (Å²) in [6.45, 7) is 11.9. The van der Waals surface area contributed by atoms with Gasteiger partial charge < -0.3 is 48.5 Å². The third kappa shape index (κ3) is 12.6. The third-order valence-electron chi connectivity index (χ3n) is 10.7. The van der Waals surface area contributed by atoms with Crippen molar-refractivity contribution in [2.45, 2.75) is 95.5 Å². The number of benzene rings is 2. The maximum atomic E-state index is 14.1. The Balaban J connectivity index is 0.00000600. The molecule has 0 amide bonds. The zero-order valence-electron chi connectivity index (χ0n) is 32.0. The molecule has 0 bridgehead atoms. The number of aliphatic hydroxyl groups excluding tert-OH is 1. The van der Waals surface area contributed by atoms with Crippen molar-refractivity contribution >= 4 is 15.5 Å². The van der Waals surface area contributed by atoms with Crippen molar-refractivity contribution in [3.8, 4) is 5.75 Å². The molecule has 2 aromatic carbocycles. The van der Waals surface area contributed by atoms with E-state index in [4.69, 9.17) is 4.74 Å². The quantitative estimate of drug-likeness (QED) is 0.173. The summed E-state index contributed by atoms with van der Waals surface area (Å²) < 4.78 is 36.4. The Labute approximate surface area is 312 Å². The molecule has 2 aromatic rings. The van der Waals surface area contributed by atoms with Gasteiger partial charge in [-0.05, 0) is 80.5 Å². The number of likely N-dealkylation sites (N-methyl/N-ethyl adjacent to an activating group) is 2. The molecule has 0 saturated heterocycles. The van der Waals surface area contributed by atoms with Gasteiger partial charge in [-0.3, -0.25) is 0 Å². The molecule has 0 aromatic heterocycles. The SMILES string of the molecule is CCCCC1(CCCC)CS(=O)(=O)c2ccc(N(C)C)cc2[C@@H](c2ccc(OCCCCC[N+](C)(C)CC[N+](C)(C)CC)cc2)[C@H]1O.[Cl-].[Cl-]. The van der Waals surface area contributed by atoms with Crippen LogP contribution < -0.4 is 34.5 Å². The number of sulfone groups is 1. The fourth-order valence-electron chi connectivity index (χ4n) is 6.98. The van der Waals surface area contributed by atoms with Crippen LogP contribution in [0.4, 0.5) is 5.69 Å². The number of halogens is 2. The topological polar surface area (TPSA) is 66.8 Å². The highest BCUT2D eigenvalue weighted by atomic mass is 35.5. The van der Waals surface area contributed by atoms with E-state index in [1.165, 1.54) is 26.1 Å². The Hall–Kier alpha value is -1.55. The van der Waals surface area contributed by atoms with Crippen molar-refractivity contribution in [3.63, 3.8) is 0 Å². The summed E-state index contributed by atoms with van der Waals surface area (Å²) >= 11 is 0. The summed E-state index contributed by atoms with van der Waals surface area (Å²) in [6.07, 6.45) is 7.60. The molecule has 0 saturated carbocycles. The smallest absolute Gasteiger partial charge is 0.179 e. The van der Waals surface area contributed by atoms with E-state index in [0.29, 0.717) is 29.9 Å². The lowest BCUT2D eigenvalue weighted by Gasteiger charge is -2.40. The van der Waals surface area contributed by atoms with Crippen LogP contribution in [0, 0.1) is 5.41 Å². The number of hydrogen-bond donors (Lipinski definition) is 1. The van der Waals surface area contributed by atoms with E-state index in [0.717, 1.165) is 71.0 Å². The summed E-state index contributed by atoms with van der Waals surface area (Å²) in [5.74, 6) is 0.345. The number of aliphatic hydroxyl groups is 1. The summed E-state index contributed by atoms with van der Waals surface area (Å²) in [6, 6.07) is 13.7. The van der Waals surface area contributed by atoms with Gasteiger partial charge in [-0.2, -0.15) is 0 Å². The van der Waals surface area contributed by atoms with E-state index < -0.39 is 27.3 Å². The summed E-state index contributed by atoms with van der Waals surface area (Å²) in [5, 5.41) is 12.4. The highest BCUT2D eigenvalue weighted by Gasteiger charge is 2.49. The number of ether oxygens (including phenoxy) is 1. The van der Waals surface area contributed by atoms with Crippen LogP contribution in [0.25, 0.3) is 0 Å². The first-order valence-electron chi connectivity index (χ1n) is 18.2. The Morgan fingerprint density at radius 1 is 0.816 bits per heavy atom. The van der Waals surface area contributed by atoms with Crippen molar-refractivity contribution in [1.29, 1.82) is 0 Å². The van der Waals surface area contributed by atoms with Crippen molar-refractivity contribution in [2.75, 3.05) is 85.7 Å². The number of rotatable bonds is 19. The van der Waals surface area contributed by atoms with Gasteiger partial charge in [0.15, 0.2) is 9.84 Å². The summed E-state index contributed by atoms with van der Waals surface area (Å²) in [5.41, 5.74) is 1.85. The van der Waals surface area contributed by atoms with Crippen molar-refractivity contribution < 1.29 is 52.0 Å².